The second-order valence-electron chi connectivity index (χ2n) is 19.1. The number of ether oxygens (including phenoxy) is 1. The van der Waals surface area contributed by atoms with Crippen molar-refractivity contribution in [2.24, 2.45) is 57.2 Å². The lowest BCUT2D eigenvalue weighted by atomic mass is 9.49. The minimum atomic E-state index is -0.162. The molecular weight excluding hydrogens is 617 g/mol. The monoisotopic (exact) mass is 678 g/mol. The van der Waals surface area contributed by atoms with Gasteiger partial charge in [-0.2, -0.15) is 0 Å². The van der Waals surface area contributed by atoms with Crippen LogP contribution >= 0.6 is 0 Å². The van der Waals surface area contributed by atoms with Gasteiger partial charge in [-0.3, -0.25) is 4.79 Å². The molecule has 1 aromatic rings. The number of esters is 1. The van der Waals surface area contributed by atoms with Crippen molar-refractivity contribution < 1.29 is 19.4 Å². The fourth-order valence-corrected chi connectivity index (χ4v) is 13.6. The molecular formula is C46H62O4. The van der Waals surface area contributed by atoms with E-state index < -0.39 is 0 Å². The molecule has 0 bridgehead atoms. The Balaban J connectivity index is 0.000000152. The van der Waals surface area contributed by atoms with Gasteiger partial charge < -0.3 is 9.84 Å². The molecule has 1 aromatic carbocycles. The molecule has 0 heterocycles. The van der Waals surface area contributed by atoms with E-state index >= 15 is 0 Å². The fraction of sp³-hybridized carbons (Fsp3) is 0.696. The third kappa shape index (κ3) is 5.38. The van der Waals surface area contributed by atoms with Crippen molar-refractivity contribution in [2.45, 2.75) is 143 Å². The van der Waals surface area contributed by atoms with Gasteiger partial charge in [0.2, 0.25) is 0 Å². The highest BCUT2D eigenvalue weighted by Crippen LogP contribution is 2.66. The average molecular weight is 679 g/mol. The van der Waals surface area contributed by atoms with Gasteiger partial charge in [-0.15, -0.1) is 0 Å². The summed E-state index contributed by atoms with van der Waals surface area (Å²) in [4.78, 5) is 24.9. The Bertz CT molecular complexity index is 1590. The van der Waals surface area contributed by atoms with Crippen LogP contribution in [-0.2, 0) is 9.53 Å². The molecule has 9 rings (SSSR count). The van der Waals surface area contributed by atoms with Crippen molar-refractivity contribution in [2.75, 3.05) is 0 Å². The topological polar surface area (TPSA) is 63.6 Å². The van der Waals surface area contributed by atoms with Crippen LogP contribution in [0.15, 0.2) is 65.8 Å². The number of carbonyl (C=O) groups is 2. The maximum absolute atomic E-state index is 12.5. The minimum absolute atomic E-state index is 0.0639. The van der Waals surface area contributed by atoms with Crippen LogP contribution in [0.2, 0.25) is 0 Å². The van der Waals surface area contributed by atoms with Crippen LogP contribution in [0.4, 0.5) is 0 Å². The summed E-state index contributed by atoms with van der Waals surface area (Å²) in [7, 11) is 0. The van der Waals surface area contributed by atoms with E-state index in [9.17, 15) is 14.7 Å². The highest BCUT2D eigenvalue weighted by molar-refractivity contribution is 5.89. The predicted octanol–water partition coefficient (Wildman–Crippen LogP) is 10.6. The first kappa shape index (κ1) is 34.6. The van der Waals surface area contributed by atoms with Crippen LogP contribution in [0.1, 0.15) is 141 Å². The molecule has 0 saturated heterocycles. The van der Waals surface area contributed by atoms with Crippen molar-refractivity contribution in [1.82, 2.24) is 0 Å². The Kier molecular flexibility index (Phi) is 8.72. The van der Waals surface area contributed by atoms with Crippen molar-refractivity contribution in [3.8, 4) is 0 Å². The molecule has 6 saturated carbocycles. The summed E-state index contributed by atoms with van der Waals surface area (Å²) in [5, 5.41) is 10.0. The Morgan fingerprint density at radius 1 is 0.720 bits per heavy atom. The number of rotatable bonds is 2. The third-order valence-electron chi connectivity index (χ3n) is 16.9. The zero-order valence-corrected chi connectivity index (χ0v) is 31.4. The van der Waals surface area contributed by atoms with E-state index in [1.807, 2.05) is 30.3 Å². The zero-order chi connectivity index (χ0) is 35.1. The van der Waals surface area contributed by atoms with Gasteiger partial charge >= 0.3 is 5.97 Å². The highest BCUT2D eigenvalue weighted by atomic mass is 16.5. The molecule has 0 spiro atoms. The lowest BCUT2D eigenvalue weighted by Gasteiger charge is -2.56. The lowest BCUT2D eigenvalue weighted by Crippen LogP contribution is -2.48. The van der Waals surface area contributed by atoms with Gasteiger partial charge in [0.25, 0.3) is 0 Å². The zero-order valence-electron chi connectivity index (χ0n) is 31.4. The number of benzene rings is 1. The molecule has 6 fully saturated rings. The summed E-state index contributed by atoms with van der Waals surface area (Å²) >= 11 is 0. The van der Waals surface area contributed by atoms with Crippen molar-refractivity contribution in [1.29, 1.82) is 0 Å². The van der Waals surface area contributed by atoms with Gasteiger partial charge in [-0.05, 0) is 160 Å². The molecule has 4 heteroatoms. The number of ketones is 1. The van der Waals surface area contributed by atoms with E-state index in [2.05, 4.69) is 46.4 Å². The number of aliphatic hydroxyl groups excluding tert-OH is 1. The molecule has 1 N–H and O–H groups in total. The molecule has 8 aliphatic carbocycles. The van der Waals surface area contributed by atoms with Crippen LogP contribution in [0, 0.1) is 57.2 Å². The molecule has 0 aliphatic heterocycles. The number of aliphatic hydroxyl groups is 1. The van der Waals surface area contributed by atoms with E-state index in [1.165, 1.54) is 50.5 Å². The van der Waals surface area contributed by atoms with Crippen molar-refractivity contribution in [3.63, 3.8) is 0 Å². The summed E-state index contributed by atoms with van der Waals surface area (Å²) in [6.07, 6.45) is 23.0. The number of hydrogen-bond acceptors (Lipinski definition) is 4. The molecule has 0 unspecified atom stereocenters. The van der Waals surface area contributed by atoms with Gasteiger partial charge in [0.1, 0.15) is 11.9 Å². The molecule has 8 aliphatic rings. The normalized spacial score (nSPS) is 45.9. The summed E-state index contributed by atoms with van der Waals surface area (Å²) in [5.74, 6) is 4.42. The first-order valence-corrected chi connectivity index (χ1v) is 20.4. The van der Waals surface area contributed by atoms with Gasteiger partial charge in [0.05, 0.1) is 11.7 Å². The van der Waals surface area contributed by atoms with Crippen LogP contribution in [0.3, 0.4) is 0 Å². The van der Waals surface area contributed by atoms with E-state index in [0.29, 0.717) is 51.3 Å². The average Bonchev–Trinajstić information content (AvgIpc) is 3.59. The molecule has 0 amide bonds. The Morgan fingerprint density at radius 2 is 1.30 bits per heavy atom. The molecule has 270 valence electrons. The third-order valence-corrected chi connectivity index (χ3v) is 16.9. The molecule has 4 nitrogen and oxygen atoms in total. The van der Waals surface area contributed by atoms with Gasteiger partial charge in [0.15, 0.2) is 0 Å². The van der Waals surface area contributed by atoms with E-state index in [4.69, 9.17) is 4.74 Å². The molecule has 0 radical (unpaired) electrons. The molecule has 50 heavy (non-hydrogen) atoms. The lowest BCUT2D eigenvalue weighted by molar-refractivity contribution is -0.127. The quantitative estimate of drug-likeness (QED) is 0.250. The van der Waals surface area contributed by atoms with Crippen LogP contribution in [0.25, 0.3) is 0 Å². The fourth-order valence-electron chi connectivity index (χ4n) is 13.6. The van der Waals surface area contributed by atoms with Gasteiger partial charge in [0, 0.05) is 11.8 Å². The van der Waals surface area contributed by atoms with Gasteiger partial charge in [-0.25, -0.2) is 4.79 Å². The second kappa shape index (κ2) is 12.6. The van der Waals surface area contributed by atoms with E-state index in [1.54, 1.807) is 11.1 Å². The smallest absolute Gasteiger partial charge is 0.338 e. The largest absolute Gasteiger partial charge is 0.459 e. The highest BCUT2D eigenvalue weighted by Gasteiger charge is 2.58. The number of hydrogen-bond donors (Lipinski definition) is 1. The van der Waals surface area contributed by atoms with Crippen LogP contribution in [0.5, 0.6) is 0 Å². The van der Waals surface area contributed by atoms with E-state index in [-0.39, 0.29) is 23.6 Å². The van der Waals surface area contributed by atoms with Crippen LogP contribution in [-0.4, -0.2) is 29.1 Å². The SMILES string of the molecule is C=C1CC[C@H]2[C@@H]3CC[C@@H]4C[C@H](OC(=O)c5ccccc5)CC[C@]4(C)C3=CC[C@]12C.C[C@]12CC[C@@H](O)C[C@H]1CC[C@@H]1C2=CC[C@]2(C)C(=O)CC[C@@H]12. The maximum Gasteiger partial charge on any atom is 0.338 e. The maximum atomic E-state index is 12.5. The van der Waals surface area contributed by atoms with Crippen molar-refractivity contribution in [3.05, 3.63) is 71.3 Å². The molecule has 12 atom stereocenters. The minimum Gasteiger partial charge on any atom is -0.459 e. The number of carbonyl (C=O) groups excluding carboxylic acids is 2. The summed E-state index contributed by atoms with van der Waals surface area (Å²) in [5.41, 5.74) is 6.44. The Labute approximate surface area is 301 Å². The first-order valence-electron chi connectivity index (χ1n) is 20.4. The van der Waals surface area contributed by atoms with Crippen molar-refractivity contribution >= 4 is 11.8 Å². The summed E-state index contributed by atoms with van der Waals surface area (Å²) in [6.45, 7) is 14.1. The number of Topliss-reactive ketones (excluding diaryl/α,β-unsaturated/α-hetero) is 1. The van der Waals surface area contributed by atoms with E-state index in [0.717, 1.165) is 69.6 Å². The number of fused-ring (bicyclic) bond motifs is 10. The second-order valence-corrected chi connectivity index (χ2v) is 19.1. The standard InChI is InChI=1S/C27H34O2.C19H28O2/c1-18-9-12-23-22-11-10-20-17-21(29-25(28)19-7-5-4-6-8-19)13-15-27(20,3)24(22)14-16-26(18,23)2;1-18-9-7-13(20)11-12(18)3-4-14-15-5-6-17(21)19(15,2)10-8-16(14)18/h4-8,14,20-23H,1,9-13,15-17H2,2-3H3;8,12-15,20H,3-7,9-11H2,1-2H3/t20-,21-,22+,23+,26-,27+;12-,13-,14+,15+,18+,19+/m11/s1. The predicted molar refractivity (Wildman–Crippen MR) is 199 cm³/mol. The molecule has 0 aromatic heterocycles. The summed E-state index contributed by atoms with van der Waals surface area (Å²) in [6, 6.07) is 9.43. The Morgan fingerprint density at radius 3 is 1.98 bits per heavy atom. The first-order chi connectivity index (χ1) is 23.9. The van der Waals surface area contributed by atoms with Crippen LogP contribution < -0.4 is 0 Å². The Hall–Kier alpha value is -2.46. The summed E-state index contributed by atoms with van der Waals surface area (Å²) < 4.78 is 5.94. The van der Waals surface area contributed by atoms with Gasteiger partial charge in [-0.1, -0.05) is 81.3 Å². The number of allylic oxidation sites excluding steroid dienone is 5.